The first-order chi connectivity index (χ1) is 10.8. The van der Waals surface area contributed by atoms with E-state index in [1.165, 1.54) is 12.8 Å². The number of carbonyl (C=O) groups is 1. The molecule has 1 unspecified atom stereocenters. The van der Waals surface area contributed by atoms with Crippen molar-refractivity contribution in [2.45, 2.75) is 31.7 Å². The van der Waals surface area contributed by atoms with Gasteiger partial charge in [0.05, 0.1) is 17.6 Å². The van der Waals surface area contributed by atoms with Crippen molar-refractivity contribution in [3.63, 3.8) is 0 Å². The number of benzene rings is 1. The molecule has 1 aromatic carbocycles. The van der Waals surface area contributed by atoms with E-state index in [9.17, 15) is 4.79 Å². The van der Waals surface area contributed by atoms with E-state index < -0.39 is 0 Å². The summed E-state index contributed by atoms with van der Waals surface area (Å²) in [5.41, 5.74) is 2.02. The third-order valence-electron chi connectivity index (χ3n) is 4.69. The van der Waals surface area contributed by atoms with E-state index in [4.69, 9.17) is 11.4 Å². The Labute approximate surface area is 130 Å². The monoisotopic (exact) mass is 293 g/mol. The number of terminal acetylenes is 1. The van der Waals surface area contributed by atoms with Gasteiger partial charge >= 0.3 is 0 Å². The van der Waals surface area contributed by atoms with Crippen LogP contribution in [0.25, 0.3) is 11.0 Å². The molecule has 1 atom stereocenters. The Hall–Kier alpha value is -2.28. The number of rotatable bonds is 4. The average Bonchev–Trinajstić information content (AvgIpc) is 3.16. The highest BCUT2D eigenvalue weighted by atomic mass is 16.2. The second kappa shape index (κ2) is 5.17. The van der Waals surface area contributed by atoms with E-state index in [0.29, 0.717) is 13.0 Å². The summed E-state index contributed by atoms with van der Waals surface area (Å²) in [5, 5.41) is 0. The summed E-state index contributed by atoms with van der Waals surface area (Å²) in [6.45, 7) is 2.21. The summed E-state index contributed by atoms with van der Waals surface area (Å²) in [5.74, 6) is 4.83. The van der Waals surface area contributed by atoms with E-state index in [0.717, 1.165) is 35.9 Å². The van der Waals surface area contributed by atoms with Gasteiger partial charge in [0.15, 0.2) is 0 Å². The smallest absolute Gasteiger partial charge is 0.223 e. The van der Waals surface area contributed by atoms with E-state index in [1.54, 1.807) is 0 Å². The van der Waals surface area contributed by atoms with E-state index in [-0.39, 0.29) is 11.8 Å². The van der Waals surface area contributed by atoms with Crippen LogP contribution in [0.5, 0.6) is 0 Å². The SMILES string of the molecule is C#CCn1c(C2CC(=O)N(CC3CC3)C2)nc2ccccc21. The van der Waals surface area contributed by atoms with Crippen LogP contribution < -0.4 is 0 Å². The Balaban J connectivity index is 1.67. The number of hydrogen-bond donors (Lipinski definition) is 0. The second-order valence-corrected chi connectivity index (χ2v) is 6.39. The zero-order chi connectivity index (χ0) is 15.1. The molecule has 4 nitrogen and oxygen atoms in total. The molecule has 0 radical (unpaired) electrons. The second-order valence-electron chi connectivity index (χ2n) is 6.39. The normalized spacial score (nSPS) is 21.5. The molecule has 2 aromatic rings. The minimum Gasteiger partial charge on any atom is -0.342 e. The number of hydrogen-bond acceptors (Lipinski definition) is 2. The molecule has 0 spiro atoms. The van der Waals surface area contributed by atoms with Gasteiger partial charge in [-0.1, -0.05) is 18.1 Å². The molecule has 1 saturated carbocycles. The van der Waals surface area contributed by atoms with Crippen LogP contribution in [-0.4, -0.2) is 33.4 Å². The molecule has 112 valence electrons. The lowest BCUT2D eigenvalue weighted by Gasteiger charge is -2.16. The van der Waals surface area contributed by atoms with Crippen molar-refractivity contribution in [3.05, 3.63) is 30.1 Å². The quantitative estimate of drug-likeness (QED) is 0.812. The average molecular weight is 293 g/mol. The van der Waals surface area contributed by atoms with Crippen molar-refractivity contribution in [1.82, 2.24) is 14.5 Å². The van der Waals surface area contributed by atoms with Crippen molar-refractivity contribution in [2.75, 3.05) is 13.1 Å². The summed E-state index contributed by atoms with van der Waals surface area (Å²) in [7, 11) is 0. The molecule has 0 N–H and O–H groups in total. The zero-order valence-corrected chi connectivity index (χ0v) is 12.5. The van der Waals surface area contributed by atoms with Crippen molar-refractivity contribution in [3.8, 4) is 12.3 Å². The van der Waals surface area contributed by atoms with Gasteiger partial charge in [0.25, 0.3) is 0 Å². The lowest BCUT2D eigenvalue weighted by Crippen LogP contribution is -2.27. The first-order valence-corrected chi connectivity index (χ1v) is 7.92. The minimum atomic E-state index is 0.159. The number of fused-ring (bicyclic) bond motifs is 1. The maximum Gasteiger partial charge on any atom is 0.223 e. The van der Waals surface area contributed by atoms with Gasteiger partial charge in [-0.15, -0.1) is 6.42 Å². The minimum absolute atomic E-state index is 0.159. The first kappa shape index (κ1) is 13.4. The number of amides is 1. The molecule has 1 amide bonds. The number of nitrogens with zero attached hydrogens (tertiary/aromatic N) is 3. The van der Waals surface area contributed by atoms with Gasteiger partial charge in [0, 0.05) is 25.4 Å². The molecule has 2 aliphatic rings. The Morgan fingerprint density at radius 3 is 2.91 bits per heavy atom. The van der Waals surface area contributed by atoms with Gasteiger partial charge in [-0.25, -0.2) is 4.98 Å². The maximum absolute atomic E-state index is 12.3. The van der Waals surface area contributed by atoms with Crippen molar-refractivity contribution < 1.29 is 4.79 Å². The zero-order valence-electron chi connectivity index (χ0n) is 12.5. The number of aromatic nitrogens is 2. The lowest BCUT2D eigenvalue weighted by molar-refractivity contribution is -0.127. The Morgan fingerprint density at radius 2 is 2.14 bits per heavy atom. The van der Waals surface area contributed by atoms with E-state index in [1.807, 2.05) is 29.2 Å². The van der Waals surface area contributed by atoms with Crippen LogP contribution in [0, 0.1) is 18.3 Å². The van der Waals surface area contributed by atoms with Gasteiger partial charge in [0.2, 0.25) is 5.91 Å². The van der Waals surface area contributed by atoms with E-state index >= 15 is 0 Å². The Morgan fingerprint density at radius 1 is 1.32 bits per heavy atom. The molecule has 1 aromatic heterocycles. The predicted octanol–water partition coefficient (Wildman–Crippen LogP) is 2.40. The number of likely N-dealkylation sites (tertiary alicyclic amines) is 1. The molecule has 2 heterocycles. The van der Waals surface area contributed by atoms with E-state index in [2.05, 4.69) is 10.5 Å². The maximum atomic E-state index is 12.3. The van der Waals surface area contributed by atoms with Crippen LogP contribution in [0.3, 0.4) is 0 Å². The predicted molar refractivity (Wildman–Crippen MR) is 85.2 cm³/mol. The van der Waals surface area contributed by atoms with Crippen LogP contribution in [0.4, 0.5) is 0 Å². The van der Waals surface area contributed by atoms with Crippen molar-refractivity contribution >= 4 is 16.9 Å². The lowest BCUT2D eigenvalue weighted by atomic mass is 10.1. The highest BCUT2D eigenvalue weighted by Gasteiger charge is 2.36. The summed E-state index contributed by atoms with van der Waals surface area (Å²) in [6, 6.07) is 8.03. The standard InChI is InChI=1S/C18H19N3O/c1-2-9-21-16-6-4-3-5-15(16)19-18(21)14-10-17(22)20(12-14)11-13-7-8-13/h1,3-6,13-14H,7-12H2. The molecule has 0 bridgehead atoms. The largest absolute Gasteiger partial charge is 0.342 e. The fraction of sp³-hybridized carbons (Fsp3) is 0.444. The Bertz CT molecular complexity index is 766. The molecule has 22 heavy (non-hydrogen) atoms. The molecule has 2 fully saturated rings. The molecule has 1 aliphatic heterocycles. The molecule has 4 rings (SSSR count). The highest BCUT2D eigenvalue weighted by molar-refractivity contribution is 5.81. The number of carbonyl (C=O) groups excluding carboxylic acids is 1. The summed E-state index contributed by atoms with van der Waals surface area (Å²) in [4.78, 5) is 19.0. The third kappa shape index (κ3) is 2.27. The summed E-state index contributed by atoms with van der Waals surface area (Å²) in [6.07, 6.45) is 8.62. The number of para-hydroxylation sites is 2. The first-order valence-electron chi connectivity index (χ1n) is 7.92. The Kier molecular flexibility index (Phi) is 3.15. The van der Waals surface area contributed by atoms with Crippen molar-refractivity contribution in [1.29, 1.82) is 0 Å². The van der Waals surface area contributed by atoms with Gasteiger partial charge in [-0.3, -0.25) is 4.79 Å². The van der Waals surface area contributed by atoms with Gasteiger partial charge in [-0.05, 0) is 30.9 Å². The summed E-state index contributed by atoms with van der Waals surface area (Å²) >= 11 is 0. The fourth-order valence-electron chi connectivity index (χ4n) is 3.40. The highest BCUT2D eigenvalue weighted by Crippen LogP contribution is 2.35. The van der Waals surface area contributed by atoms with Crippen LogP contribution >= 0.6 is 0 Å². The van der Waals surface area contributed by atoms with Crippen LogP contribution in [0.1, 0.15) is 31.0 Å². The van der Waals surface area contributed by atoms with Gasteiger partial charge in [-0.2, -0.15) is 0 Å². The molecular formula is C18H19N3O. The van der Waals surface area contributed by atoms with Gasteiger partial charge < -0.3 is 9.47 Å². The van der Waals surface area contributed by atoms with Gasteiger partial charge in [0.1, 0.15) is 5.82 Å². The fourth-order valence-corrected chi connectivity index (χ4v) is 3.40. The molecule has 4 heteroatoms. The van der Waals surface area contributed by atoms with Crippen LogP contribution in [0.15, 0.2) is 24.3 Å². The molecule has 1 aliphatic carbocycles. The summed E-state index contributed by atoms with van der Waals surface area (Å²) < 4.78 is 2.09. The number of imidazole rings is 1. The molecule has 1 saturated heterocycles. The van der Waals surface area contributed by atoms with Crippen molar-refractivity contribution in [2.24, 2.45) is 5.92 Å². The van der Waals surface area contributed by atoms with Crippen LogP contribution in [0.2, 0.25) is 0 Å². The topological polar surface area (TPSA) is 38.1 Å². The van der Waals surface area contributed by atoms with Crippen LogP contribution in [-0.2, 0) is 11.3 Å². The third-order valence-corrected chi connectivity index (χ3v) is 4.69. The molecular weight excluding hydrogens is 274 g/mol.